The van der Waals surface area contributed by atoms with Crippen LogP contribution in [-0.4, -0.2) is 16.5 Å². The quantitative estimate of drug-likeness (QED) is 0.793. The van der Waals surface area contributed by atoms with Crippen molar-refractivity contribution >= 4 is 29.2 Å². The van der Waals surface area contributed by atoms with Gasteiger partial charge >= 0.3 is 5.97 Å². The van der Waals surface area contributed by atoms with Crippen molar-refractivity contribution in [2.24, 2.45) is 0 Å². The third kappa shape index (κ3) is 2.61. The smallest absolute Gasteiger partial charge is 0.323 e. The van der Waals surface area contributed by atoms with E-state index in [1.165, 1.54) is 0 Å². The fourth-order valence-electron chi connectivity index (χ4n) is 0.931. The van der Waals surface area contributed by atoms with Gasteiger partial charge in [0.2, 0.25) is 0 Å². The fourth-order valence-corrected chi connectivity index (χ4v) is 1.33. The topological polar surface area (TPSA) is 37.3 Å². The highest BCUT2D eigenvalue weighted by Gasteiger charge is 2.24. The van der Waals surface area contributed by atoms with E-state index in [-0.39, 0.29) is 0 Å². The first-order chi connectivity index (χ1) is 6.13. The zero-order valence-corrected chi connectivity index (χ0v) is 8.16. The van der Waals surface area contributed by atoms with E-state index < -0.39 is 16.7 Å². The van der Waals surface area contributed by atoms with Gasteiger partial charge in [0.05, 0.1) is 5.38 Å². The fraction of sp³-hybridized carbons (Fsp3) is 0.222. The van der Waals surface area contributed by atoms with E-state index in [0.717, 1.165) is 0 Å². The van der Waals surface area contributed by atoms with E-state index in [0.29, 0.717) is 5.56 Å². The number of rotatable bonds is 3. The first-order valence-corrected chi connectivity index (χ1v) is 4.56. The second kappa shape index (κ2) is 4.49. The molecule has 13 heavy (non-hydrogen) atoms. The van der Waals surface area contributed by atoms with E-state index in [1.807, 2.05) is 6.07 Å². The Morgan fingerprint density at radius 2 is 1.77 bits per heavy atom. The molecule has 1 rings (SSSR count). The summed E-state index contributed by atoms with van der Waals surface area (Å²) in [6.07, 6.45) is 0. The SMILES string of the molecule is O=C(O)[C@@H](Cl)[C@@H](Cl)c1ccccc1. The van der Waals surface area contributed by atoms with Gasteiger partial charge in [0, 0.05) is 0 Å². The van der Waals surface area contributed by atoms with Crippen molar-refractivity contribution in [3.05, 3.63) is 35.9 Å². The molecule has 0 heterocycles. The van der Waals surface area contributed by atoms with E-state index in [2.05, 4.69) is 0 Å². The van der Waals surface area contributed by atoms with Gasteiger partial charge in [-0.15, -0.1) is 23.2 Å². The van der Waals surface area contributed by atoms with Crippen LogP contribution in [0.25, 0.3) is 0 Å². The standard InChI is InChI=1S/C9H8Cl2O2/c10-7(8(11)9(12)13)6-4-2-1-3-5-6/h1-5,7-8H,(H,12,13)/t7-,8-/m0/s1. The molecule has 0 radical (unpaired) electrons. The summed E-state index contributed by atoms with van der Waals surface area (Å²) in [5.74, 6) is -1.11. The number of hydrogen-bond acceptors (Lipinski definition) is 1. The largest absolute Gasteiger partial charge is 0.480 e. The molecule has 0 amide bonds. The van der Waals surface area contributed by atoms with Crippen LogP contribution in [0.1, 0.15) is 10.9 Å². The van der Waals surface area contributed by atoms with Crippen molar-refractivity contribution < 1.29 is 9.90 Å². The third-order valence-corrected chi connectivity index (χ3v) is 2.68. The van der Waals surface area contributed by atoms with Crippen LogP contribution >= 0.6 is 23.2 Å². The summed E-state index contributed by atoms with van der Waals surface area (Å²) in [7, 11) is 0. The molecule has 0 bridgehead atoms. The maximum atomic E-state index is 10.5. The zero-order valence-electron chi connectivity index (χ0n) is 6.65. The number of hydrogen-bond donors (Lipinski definition) is 1. The van der Waals surface area contributed by atoms with Gasteiger partial charge in [0.15, 0.2) is 5.38 Å². The Kier molecular flexibility index (Phi) is 3.58. The van der Waals surface area contributed by atoms with Gasteiger partial charge in [-0.1, -0.05) is 30.3 Å². The van der Waals surface area contributed by atoms with Crippen molar-refractivity contribution in [1.82, 2.24) is 0 Å². The highest BCUT2D eigenvalue weighted by molar-refractivity contribution is 6.36. The van der Waals surface area contributed by atoms with Gasteiger partial charge in [-0.25, -0.2) is 0 Å². The molecule has 2 nitrogen and oxygen atoms in total. The Labute approximate surface area is 86.1 Å². The molecule has 0 fully saturated rings. The van der Waals surface area contributed by atoms with Crippen LogP contribution in [0.3, 0.4) is 0 Å². The Hall–Kier alpha value is -0.730. The van der Waals surface area contributed by atoms with Crippen LogP contribution in [0.2, 0.25) is 0 Å². The molecule has 1 aromatic carbocycles. The third-order valence-electron chi connectivity index (χ3n) is 1.61. The van der Waals surface area contributed by atoms with E-state index >= 15 is 0 Å². The summed E-state index contributed by atoms with van der Waals surface area (Å²) in [4.78, 5) is 10.5. The van der Waals surface area contributed by atoms with Crippen molar-refractivity contribution in [1.29, 1.82) is 0 Å². The van der Waals surface area contributed by atoms with Gasteiger partial charge in [-0.3, -0.25) is 4.79 Å². The van der Waals surface area contributed by atoms with Gasteiger partial charge in [0.1, 0.15) is 0 Å². The Balaban J connectivity index is 2.79. The Bertz CT molecular complexity index is 287. The van der Waals surface area contributed by atoms with E-state index in [1.54, 1.807) is 24.3 Å². The van der Waals surface area contributed by atoms with Crippen LogP contribution in [0.4, 0.5) is 0 Å². The molecule has 1 N–H and O–H groups in total. The number of alkyl halides is 2. The van der Waals surface area contributed by atoms with Crippen LogP contribution in [-0.2, 0) is 4.79 Å². The van der Waals surface area contributed by atoms with Gasteiger partial charge in [0.25, 0.3) is 0 Å². The molecule has 4 heteroatoms. The molecule has 70 valence electrons. The molecule has 0 aromatic heterocycles. The molecular formula is C9H8Cl2O2. The minimum Gasteiger partial charge on any atom is -0.480 e. The normalized spacial score (nSPS) is 14.9. The summed E-state index contributed by atoms with van der Waals surface area (Å²) < 4.78 is 0. The molecule has 0 saturated heterocycles. The first kappa shape index (κ1) is 10.4. The lowest BCUT2D eigenvalue weighted by Gasteiger charge is -2.11. The van der Waals surface area contributed by atoms with Crippen LogP contribution < -0.4 is 0 Å². The average molecular weight is 219 g/mol. The lowest BCUT2D eigenvalue weighted by Crippen LogP contribution is -2.18. The molecule has 0 aliphatic rings. The van der Waals surface area contributed by atoms with Gasteiger partial charge in [-0.05, 0) is 5.56 Å². The number of carboxylic acid groups (broad SMARTS) is 1. The lowest BCUT2D eigenvalue weighted by atomic mass is 10.1. The second-order valence-corrected chi connectivity index (χ2v) is 3.49. The zero-order chi connectivity index (χ0) is 9.84. The number of aliphatic carboxylic acids is 1. The molecule has 0 aliphatic carbocycles. The number of benzene rings is 1. The first-order valence-electron chi connectivity index (χ1n) is 3.69. The van der Waals surface area contributed by atoms with E-state index in [4.69, 9.17) is 28.3 Å². The van der Waals surface area contributed by atoms with Crippen molar-refractivity contribution in [2.45, 2.75) is 10.8 Å². The summed E-state index contributed by atoms with van der Waals surface area (Å²) in [5.41, 5.74) is 0.714. The molecule has 0 spiro atoms. The lowest BCUT2D eigenvalue weighted by molar-refractivity contribution is -0.136. The highest BCUT2D eigenvalue weighted by atomic mass is 35.5. The number of carbonyl (C=O) groups is 1. The van der Waals surface area contributed by atoms with Crippen molar-refractivity contribution in [2.75, 3.05) is 0 Å². The van der Waals surface area contributed by atoms with Crippen molar-refractivity contribution in [3.63, 3.8) is 0 Å². The Morgan fingerprint density at radius 3 is 2.23 bits per heavy atom. The maximum Gasteiger partial charge on any atom is 0.323 e. The monoisotopic (exact) mass is 218 g/mol. The van der Waals surface area contributed by atoms with Crippen LogP contribution in [0, 0.1) is 0 Å². The average Bonchev–Trinajstić information content (AvgIpc) is 2.17. The number of carboxylic acids is 1. The minimum absolute atomic E-state index is 0.694. The second-order valence-electron chi connectivity index (χ2n) is 2.55. The van der Waals surface area contributed by atoms with Crippen LogP contribution in [0.5, 0.6) is 0 Å². The van der Waals surface area contributed by atoms with Crippen molar-refractivity contribution in [3.8, 4) is 0 Å². The molecule has 0 unspecified atom stereocenters. The summed E-state index contributed by atoms with van der Waals surface area (Å²) >= 11 is 11.4. The van der Waals surface area contributed by atoms with Gasteiger partial charge in [-0.2, -0.15) is 0 Å². The molecule has 0 aliphatic heterocycles. The molecule has 1 aromatic rings. The number of halogens is 2. The molecular weight excluding hydrogens is 211 g/mol. The predicted octanol–water partition coefficient (Wildman–Crippen LogP) is 2.66. The summed E-state index contributed by atoms with van der Waals surface area (Å²) in [6.45, 7) is 0. The van der Waals surface area contributed by atoms with Crippen LogP contribution in [0.15, 0.2) is 30.3 Å². The Morgan fingerprint density at radius 1 is 1.23 bits per heavy atom. The maximum absolute atomic E-state index is 10.5. The summed E-state index contributed by atoms with van der Waals surface area (Å²) in [6, 6.07) is 8.90. The van der Waals surface area contributed by atoms with E-state index in [9.17, 15) is 4.79 Å². The highest BCUT2D eigenvalue weighted by Crippen LogP contribution is 2.27. The predicted molar refractivity (Wildman–Crippen MR) is 52.3 cm³/mol. The van der Waals surface area contributed by atoms with Gasteiger partial charge < -0.3 is 5.11 Å². The molecule has 2 atom stereocenters. The minimum atomic E-state index is -1.11. The summed E-state index contributed by atoms with van der Waals surface area (Å²) in [5, 5.41) is 6.81. The molecule has 0 saturated carbocycles.